The van der Waals surface area contributed by atoms with E-state index in [9.17, 15) is 0 Å². The molecule has 0 saturated heterocycles. The maximum Gasteiger partial charge on any atom is 0.0541 e. The molecule has 0 aliphatic rings. The summed E-state index contributed by atoms with van der Waals surface area (Å²) in [6.45, 7) is 6.64. The summed E-state index contributed by atoms with van der Waals surface area (Å²) in [6.07, 6.45) is 0. The van der Waals surface area contributed by atoms with Crippen molar-refractivity contribution in [2.45, 2.75) is 20.8 Å². The van der Waals surface area contributed by atoms with Crippen LogP contribution < -0.4 is 0 Å². The minimum Gasteiger partial charge on any atom is -0.309 e. The molecule has 0 atom stereocenters. The van der Waals surface area contributed by atoms with Gasteiger partial charge in [-0.05, 0) is 138 Å². The predicted molar refractivity (Wildman–Crippen MR) is 226 cm³/mol. The second kappa shape index (κ2) is 12.3. The van der Waals surface area contributed by atoms with Gasteiger partial charge in [-0.25, -0.2) is 0 Å². The number of para-hydroxylation sites is 2. The quantitative estimate of drug-likeness (QED) is 0.171. The Balaban J connectivity index is 1.06. The molecule has 53 heavy (non-hydrogen) atoms. The van der Waals surface area contributed by atoms with E-state index in [-0.39, 0.29) is 0 Å². The number of benzene rings is 8. The Labute approximate surface area is 309 Å². The van der Waals surface area contributed by atoms with Crippen LogP contribution in [0.3, 0.4) is 0 Å². The Morgan fingerprint density at radius 2 is 0.698 bits per heavy atom. The van der Waals surface area contributed by atoms with Crippen molar-refractivity contribution in [2.75, 3.05) is 0 Å². The second-order valence-electron chi connectivity index (χ2n) is 14.4. The number of aryl methyl sites for hydroxylation is 2. The molecule has 0 saturated carbocycles. The fourth-order valence-electron chi connectivity index (χ4n) is 8.32. The van der Waals surface area contributed by atoms with E-state index in [1.165, 1.54) is 99.4 Å². The van der Waals surface area contributed by atoms with Crippen molar-refractivity contribution < 1.29 is 0 Å². The highest BCUT2D eigenvalue weighted by atomic mass is 15.0. The van der Waals surface area contributed by atoms with Crippen LogP contribution in [0.25, 0.3) is 88.4 Å². The molecular formula is C51H38N2. The first-order chi connectivity index (χ1) is 26.0. The van der Waals surface area contributed by atoms with Crippen molar-refractivity contribution in [2.24, 2.45) is 0 Å². The van der Waals surface area contributed by atoms with Crippen LogP contribution in [0, 0.1) is 20.8 Å². The second-order valence-corrected chi connectivity index (χ2v) is 14.4. The molecule has 2 heteroatoms. The molecule has 2 nitrogen and oxygen atoms in total. The van der Waals surface area contributed by atoms with Crippen LogP contribution in [0.5, 0.6) is 0 Å². The Hall–Kier alpha value is -6.64. The van der Waals surface area contributed by atoms with Gasteiger partial charge in [-0.2, -0.15) is 0 Å². The van der Waals surface area contributed by atoms with Crippen molar-refractivity contribution >= 4 is 43.6 Å². The Kier molecular flexibility index (Phi) is 7.19. The third-order valence-corrected chi connectivity index (χ3v) is 11.3. The molecule has 0 fully saturated rings. The summed E-state index contributed by atoms with van der Waals surface area (Å²) in [5.41, 5.74) is 18.6. The van der Waals surface area contributed by atoms with Crippen LogP contribution in [0.2, 0.25) is 0 Å². The Morgan fingerprint density at radius 1 is 0.283 bits per heavy atom. The molecule has 0 bridgehead atoms. The minimum absolute atomic E-state index is 1.16. The third kappa shape index (κ3) is 5.10. The molecule has 2 heterocycles. The molecule has 0 amide bonds. The average molecular weight is 679 g/mol. The van der Waals surface area contributed by atoms with E-state index in [0.29, 0.717) is 0 Å². The van der Waals surface area contributed by atoms with Gasteiger partial charge in [-0.3, -0.25) is 0 Å². The van der Waals surface area contributed by atoms with Gasteiger partial charge in [0.1, 0.15) is 0 Å². The van der Waals surface area contributed by atoms with Gasteiger partial charge in [0.15, 0.2) is 0 Å². The van der Waals surface area contributed by atoms with E-state index in [1.54, 1.807) is 0 Å². The molecule has 0 aliphatic heterocycles. The van der Waals surface area contributed by atoms with Crippen molar-refractivity contribution in [3.05, 3.63) is 193 Å². The standard InChI is InChI=1S/C51H38N2/c1-33-28-43(29-34(2)35(33)3)53-49-19-10-8-17-45(49)47-32-41(23-27-51(47)53)39-15-11-14-38(30-39)40-22-26-50-46(31-40)44-16-7-9-18-48(44)52(50)42-24-20-37(21-25-42)36-12-5-4-6-13-36/h4-32H,1-3H3. The molecule has 2 aromatic heterocycles. The number of nitrogens with zero attached hydrogens (tertiary/aromatic N) is 2. The van der Waals surface area contributed by atoms with Crippen LogP contribution in [0.1, 0.15) is 16.7 Å². The van der Waals surface area contributed by atoms with Gasteiger partial charge >= 0.3 is 0 Å². The highest BCUT2D eigenvalue weighted by molar-refractivity contribution is 6.12. The molecule has 0 spiro atoms. The molecule has 10 rings (SSSR count). The lowest BCUT2D eigenvalue weighted by molar-refractivity contribution is 1.14. The number of rotatable bonds is 5. The van der Waals surface area contributed by atoms with Crippen molar-refractivity contribution in [3.8, 4) is 44.8 Å². The maximum absolute atomic E-state index is 2.42. The van der Waals surface area contributed by atoms with Gasteiger partial charge in [0.25, 0.3) is 0 Å². The largest absolute Gasteiger partial charge is 0.309 e. The van der Waals surface area contributed by atoms with E-state index in [0.717, 1.165) is 5.69 Å². The molecule has 0 N–H and O–H groups in total. The fraction of sp³-hybridized carbons (Fsp3) is 0.0588. The molecule has 0 radical (unpaired) electrons. The summed E-state index contributed by atoms with van der Waals surface area (Å²) in [5.74, 6) is 0. The number of aromatic nitrogens is 2. The predicted octanol–water partition coefficient (Wildman–Crippen LogP) is 13.8. The zero-order valence-corrected chi connectivity index (χ0v) is 30.1. The van der Waals surface area contributed by atoms with E-state index in [4.69, 9.17) is 0 Å². The average Bonchev–Trinajstić information content (AvgIpc) is 3.72. The third-order valence-electron chi connectivity index (χ3n) is 11.3. The zero-order valence-electron chi connectivity index (χ0n) is 30.1. The summed E-state index contributed by atoms with van der Waals surface area (Å²) < 4.78 is 4.82. The normalized spacial score (nSPS) is 11.7. The first-order valence-electron chi connectivity index (χ1n) is 18.4. The van der Waals surface area contributed by atoms with Gasteiger partial charge in [0.05, 0.1) is 22.1 Å². The van der Waals surface area contributed by atoms with Gasteiger partial charge < -0.3 is 9.13 Å². The van der Waals surface area contributed by atoms with E-state index >= 15 is 0 Å². The Morgan fingerprint density at radius 3 is 1.26 bits per heavy atom. The highest BCUT2D eigenvalue weighted by Gasteiger charge is 2.16. The first-order valence-corrected chi connectivity index (χ1v) is 18.4. The molecule has 252 valence electrons. The topological polar surface area (TPSA) is 9.86 Å². The van der Waals surface area contributed by atoms with Crippen LogP contribution in [0.15, 0.2) is 176 Å². The lowest BCUT2D eigenvalue weighted by Crippen LogP contribution is -1.97. The van der Waals surface area contributed by atoms with Gasteiger partial charge in [-0.15, -0.1) is 0 Å². The summed E-state index contributed by atoms with van der Waals surface area (Å²) in [5, 5.41) is 5.05. The smallest absolute Gasteiger partial charge is 0.0541 e. The van der Waals surface area contributed by atoms with Crippen molar-refractivity contribution in [1.29, 1.82) is 0 Å². The monoisotopic (exact) mass is 678 g/mol. The molecule has 0 aliphatic carbocycles. The lowest BCUT2D eigenvalue weighted by atomic mass is 9.97. The molecule has 10 aromatic rings. The molecular weight excluding hydrogens is 641 g/mol. The van der Waals surface area contributed by atoms with Gasteiger partial charge in [0, 0.05) is 32.9 Å². The summed E-state index contributed by atoms with van der Waals surface area (Å²) in [4.78, 5) is 0. The van der Waals surface area contributed by atoms with Crippen LogP contribution in [-0.2, 0) is 0 Å². The molecule has 0 unspecified atom stereocenters. The maximum atomic E-state index is 2.42. The Bertz CT molecular complexity index is 2990. The molecule has 8 aromatic carbocycles. The SMILES string of the molecule is Cc1cc(-n2c3ccccc3c3cc(-c4cccc(-c5ccc6c(c5)c5ccccc5n6-c5ccc(-c6ccccc6)cc5)c4)ccc32)cc(C)c1C. The van der Waals surface area contributed by atoms with Crippen LogP contribution in [0.4, 0.5) is 0 Å². The number of fused-ring (bicyclic) bond motifs is 6. The minimum atomic E-state index is 1.16. The van der Waals surface area contributed by atoms with Crippen molar-refractivity contribution in [3.63, 3.8) is 0 Å². The van der Waals surface area contributed by atoms with Gasteiger partial charge in [-0.1, -0.05) is 109 Å². The number of hydrogen-bond acceptors (Lipinski definition) is 0. The van der Waals surface area contributed by atoms with E-state index in [2.05, 4.69) is 206 Å². The van der Waals surface area contributed by atoms with Crippen LogP contribution in [-0.4, -0.2) is 9.13 Å². The van der Waals surface area contributed by atoms with Crippen LogP contribution >= 0.6 is 0 Å². The highest BCUT2D eigenvalue weighted by Crippen LogP contribution is 2.38. The summed E-state index contributed by atoms with van der Waals surface area (Å²) in [7, 11) is 0. The fourth-order valence-corrected chi connectivity index (χ4v) is 8.32. The first kappa shape index (κ1) is 31.1. The van der Waals surface area contributed by atoms with Crippen molar-refractivity contribution in [1.82, 2.24) is 9.13 Å². The zero-order chi connectivity index (χ0) is 35.6. The summed E-state index contributed by atoms with van der Waals surface area (Å²) in [6, 6.07) is 64.6. The lowest BCUT2D eigenvalue weighted by Gasteiger charge is -2.13. The van der Waals surface area contributed by atoms with E-state index in [1.807, 2.05) is 0 Å². The van der Waals surface area contributed by atoms with E-state index < -0.39 is 0 Å². The van der Waals surface area contributed by atoms with Gasteiger partial charge in [0.2, 0.25) is 0 Å². The number of hydrogen-bond donors (Lipinski definition) is 0. The summed E-state index contributed by atoms with van der Waals surface area (Å²) >= 11 is 0.